The van der Waals surface area contributed by atoms with Crippen LogP contribution in [0.15, 0.2) is 6.07 Å². The number of likely N-dealkylation sites (tertiary alicyclic amines) is 1. The fraction of sp³-hybridized carbons (Fsp3) is 0.562. The lowest BCUT2D eigenvalue weighted by Crippen LogP contribution is -2.40. The monoisotopic (exact) mass is 360 g/mol. The highest BCUT2D eigenvalue weighted by molar-refractivity contribution is 6.37. The number of nitrogens with zero attached hydrogens (tertiary/aromatic N) is 1. The predicted octanol–water partition coefficient (Wildman–Crippen LogP) is 3.22. The molecule has 1 fully saturated rings. The van der Waals surface area contributed by atoms with Crippen molar-refractivity contribution in [2.75, 3.05) is 33.9 Å². The first kappa shape index (κ1) is 18.2. The molecule has 1 N–H and O–H groups in total. The Kier molecular flexibility index (Phi) is 6.39. The van der Waals surface area contributed by atoms with E-state index >= 15 is 0 Å². The van der Waals surface area contributed by atoms with E-state index in [4.69, 9.17) is 32.7 Å². The average molecular weight is 361 g/mol. The zero-order valence-corrected chi connectivity index (χ0v) is 15.1. The van der Waals surface area contributed by atoms with Crippen molar-refractivity contribution in [2.24, 2.45) is 0 Å². The highest BCUT2D eigenvalue weighted by atomic mass is 35.5. The summed E-state index contributed by atoms with van der Waals surface area (Å²) < 4.78 is 10.5. The van der Waals surface area contributed by atoms with Crippen LogP contribution in [0.5, 0.6) is 11.5 Å². The van der Waals surface area contributed by atoms with Crippen LogP contribution in [0.25, 0.3) is 0 Å². The van der Waals surface area contributed by atoms with Crippen LogP contribution in [0, 0.1) is 0 Å². The first-order valence-electron chi connectivity index (χ1n) is 7.65. The lowest BCUT2D eigenvalue weighted by molar-refractivity contribution is 0.0935. The Balaban J connectivity index is 2.21. The van der Waals surface area contributed by atoms with Gasteiger partial charge in [-0.2, -0.15) is 0 Å². The quantitative estimate of drug-likeness (QED) is 0.845. The maximum absolute atomic E-state index is 12.7. The zero-order valence-electron chi connectivity index (χ0n) is 13.6. The number of hydrogen-bond acceptors (Lipinski definition) is 4. The molecule has 7 heteroatoms. The second-order valence-electron chi connectivity index (χ2n) is 5.42. The molecule has 1 heterocycles. The van der Waals surface area contributed by atoms with Gasteiger partial charge in [-0.25, -0.2) is 0 Å². The van der Waals surface area contributed by atoms with Gasteiger partial charge in [-0.1, -0.05) is 30.1 Å². The molecule has 128 valence electrons. The molecule has 0 bridgehead atoms. The third-order valence-electron chi connectivity index (χ3n) is 4.18. The van der Waals surface area contributed by atoms with E-state index in [1.807, 2.05) is 0 Å². The van der Waals surface area contributed by atoms with Crippen LogP contribution < -0.4 is 14.8 Å². The minimum absolute atomic E-state index is 0.230. The van der Waals surface area contributed by atoms with Gasteiger partial charge in [0.15, 0.2) is 11.5 Å². The molecule has 1 aromatic carbocycles. The van der Waals surface area contributed by atoms with Gasteiger partial charge in [-0.15, -0.1) is 0 Å². The molecule has 5 nitrogen and oxygen atoms in total. The smallest absolute Gasteiger partial charge is 0.259 e. The Morgan fingerprint density at radius 3 is 2.43 bits per heavy atom. The van der Waals surface area contributed by atoms with Gasteiger partial charge in [0.05, 0.1) is 24.3 Å². The molecule has 23 heavy (non-hydrogen) atoms. The molecule has 1 saturated heterocycles. The van der Waals surface area contributed by atoms with Crippen LogP contribution >= 0.6 is 23.2 Å². The van der Waals surface area contributed by atoms with Gasteiger partial charge < -0.3 is 14.8 Å². The topological polar surface area (TPSA) is 50.8 Å². The number of amides is 1. The highest BCUT2D eigenvalue weighted by Gasteiger charge is 2.27. The summed E-state index contributed by atoms with van der Waals surface area (Å²) in [6, 6.07) is 1.86. The van der Waals surface area contributed by atoms with E-state index in [0.717, 1.165) is 25.9 Å². The number of ether oxygens (including phenoxy) is 2. The van der Waals surface area contributed by atoms with Gasteiger partial charge in [0.2, 0.25) is 0 Å². The van der Waals surface area contributed by atoms with E-state index < -0.39 is 0 Å². The third-order valence-corrected chi connectivity index (χ3v) is 4.74. The Morgan fingerprint density at radius 1 is 1.30 bits per heavy atom. The van der Waals surface area contributed by atoms with Crippen molar-refractivity contribution in [3.05, 3.63) is 21.7 Å². The summed E-state index contributed by atoms with van der Waals surface area (Å²) in [5.41, 5.74) is 0.230. The van der Waals surface area contributed by atoms with Crippen molar-refractivity contribution in [3.8, 4) is 11.5 Å². The van der Waals surface area contributed by atoms with Gasteiger partial charge in [0.25, 0.3) is 5.91 Å². The second-order valence-corrected chi connectivity index (χ2v) is 6.23. The number of rotatable bonds is 6. The zero-order chi connectivity index (χ0) is 17.0. The number of methoxy groups -OCH3 is 2. The standard InChI is InChI=1S/C16H22Cl2N2O3/c1-4-20-7-5-6-10(20)9-19-16(21)13-14(22-2)11(17)8-12(18)15(13)23-3/h8,10H,4-7,9H2,1-3H3,(H,19,21)/t10-/m1/s1. The Hall–Kier alpha value is -1.17. The van der Waals surface area contributed by atoms with Crippen LogP contribution in [0.2, 0.25) is 10.0 Å². The fourth-order valence-electron chi connectivity index (χ4n) is 3.03. The number of halogens is 2. The van der Waals surface area contributed by atoms with Gasteiger partial charge in [0, 0.05) is 12.6 Å². The van der Waals surface area contributed by atoms with E-state index in [9.17, 15) is 4.79 Å². The maximum atomic E-state index is 12.7. The van der Waals surface area contributed by atoms with Gasteiger partial charge in [0.1, 0.15) is 5.56 Å². The van der Waals surface area contributed by atoms with E-state index in [1.54, 1.807) is 0 Å². The highest BCUT2D eigenvalue weighted by Crippen LogP contribution is 2.40. The summed E-state index contributed by atoms with van der Waals surface area (Å²) in [5.74, 6) is 0.236. The van der Waals surface area contributed by atoms with Crippen molar-refractivity contribution < 1.29 is 14.3 Å². The Bertz CT molecular complexity index is 553. The largest absolute Gasteiger partial charge is 0.494 e. The van der Waals surface area contributed by atoms with E-state index in [-0.39, 0.29) is 33.0 Å². The molecule has 1 aliphatic rings. The lowest BCUT2D eigenvalue weighted by Gasteiger charge is -2.23. The molecule has 0 unspecified atom stereocenters. The number of nitrogens with one attached hydrogen (secondary N) is 1. The number of carbonyl (C=O) groups is 1. The number of benzene rings is 1. The van der Waals surface area contributed by atoms with Crippen molar-refractivity contribution >= 4 is 29.1 Å². The molecule has 2 rings (SSSR count). The molecule has 0 spiro atoms. The Labute approximate surface area is 146 Å². The molecular weight excluding hydrogens is 339 g/mol. The molecule has 0 radical (unpaired) electrons. The van der Waals surface area contributed by atoms with Gasteiger partial charge in [-0.05, 0) is 32.0 Å². The summed E-state index contributed by atoms with van der Waals surface area (Å²) in [6.07, 6.45) is 2.24. The van der Waals surface area contributed by atoms with E-state index in [1.165, 1.54) is 20.3 Å². The van der Waals surface area contributed by atoms with Crippen molar-refractivity contribution in [1.82, 2.24) is 10.2 Å². The van der Waals surface area contributed by atoms with Crippen molar-refractivity contribution in [1.29, 1.82) is 0 Å². The number of carbonyl (C=O) groups excluding carboxylic acids is 1. The fourth-order valence-corrected chi connectivity index (χ4v) is 3.65. The summed E-state index contributed by atoms with van der Waals surface area (Å²) in [7, 11) is 2.92. The van der Waals surface area contributed by atoms with Crippen LogP contribution in [-0.2, 0) is 0 Å². The predicted molar refractivity (Wildman–Crippen MR) is 92.2 cm³/mol. The molecule has 1 atom stereocenters. The average Bonchev–Trinajstić information content (AvgIpc) is 2.99. The van der Waals surface area contributed by atoms with Crippen molar-refractivity contribution in [3.63, 3.8) is 0 Å². The second kappa shape index (κ2) is 8.08. The van der Waals surface area contributed by atoms with Crippen LogP contribution in [0.4, 0.5) is 0 Å². The lowest BCUT2D eigenvalue weighted by atomic mass is 10.1. The first-order chi connectivity index (χ1) is 11.0. The normalized spacial score (nSPS) is 18.0. The number of likely N-dealkylation sites (N-methyl/N-ethyl adjacent to an activating group) is 1. The van der Waals surface area contributed by atoms with E-state index in [2.05, 4.69) is 17.1 Å². The summed E-state index contributed by atoms with van der Waals surface area (Å²) in [5, 5.41) is 3.51. The molecule has 0 aromatic heterocycles. The van der Waals surface area contributed by atoms with Crippen LogP contribution in [-0.4, -0.2) is 50.7 Å². The molecule has 1 aliphatic heterocycles. The maximum Gasteiger partial charge on any atom is 0.259 e. The SMILES string of the molecule is CCN1CCC[C@@H]1CNC(=O)c1c(OC)c(Cl)cc(Cl)c1OC. The molecule has 1 amide bonds. The molecule has 0 aliphatic carbocycles. The summed E-state index contributed by atoms with van der Waals surface area (Å²) >= 11 is 12.3. The third kappa shape index (κ3) is 3.84. The van der Waals surface area contributed by atoms with E-state index in [0.29, 0.717) is 12.6 Å². The molecule has 0 saturated carbocycles. The minimum atomic E-state index is -0.300. The molecular formula is C16H22Cl2N2O3. The number of hydrogen-bond donors (Lipinski definition) is 1. The molecule has 1 aromatic rings. The van der Waals surface area contributed by atoms with Crippen LogP contribution in [0.3, 0.4) is 0 Å². The minimum Gasteiger partial charge on any atom is -0.494 e. The van der Waals surface area contributed by atoms with Crippen molar-refractivity contribution in [2.45, 2.75) is 25.8 Å². The Morgan fingerprint density at radius 2 is 1.91 bits per heavy atom. The van der Waals surface area contributed by atoms with Crippen LogP contribution in [0.1, 0.15) is 30.1 Å². The van der Waals surface area contributed by atoms with Gasteiger partial charge in [-0.3, -0.25) is 9.69 Å². The summed E-state index contributed by atoms with van der Waals surface area (Å²) in [6.45, 7) is 4.76. The van der Waals surface area contributed by atoms with Gasteiger partial charge >= 0.3 is 0 Å². The summed E-state index contributed by atoms with van der Waals surface area (Å²) in [4.78, 5) is 15.0. The first-order valence-corrected chi connectivity index (χ1v) is 8.41.